The molecule has 5 nitrogen and oxygen atoms in total. The van der Waals surface area contributed by atoms with Crippen molar-refractivity contribution < 1.29 is 15.0 Å². The van der Waals surface area contributed by atoms with Crippen LogP contribution in [0.5, 0.6) is 11.5 Å². The third-order valence-corrected chi connectivity index (χ3v) is 3.32. The zero-order chi connectivity index (χ0) is 16.3. The van der Waals surface area contributed by atoms with Gasteiger partial charge in [-0.05, 0) is 23.1 Å². The predicted molar refractivity (Wildman–Crippen MR) is 85.0 cm³/mol. The first-order valence-electron chi connectivity index (χ1n) is 7.03. The average molecular weight is 300 g/mol. The highest BCUT2D eigenvalue weighted by atomic mass is 16.3. The van der Waals surface area contributed by atoms with Crippen molar-refractivity contribution in [2.24, 2.45) is 0 Å². The third-order valence-electron chi connectivity index (χ3n) is 3.32. The van der Waals surface area contributed by atoms with E-state index in [-0.39, 0.29) is 34.9 Å². The molecule has 0 aliphatic rings. The summed E-state index contributed by atoms with van der Waals surface area (Å²) in [5.41, 5.74) is 1.15. The lowest BCUT2D eigenvalue weighted by Gasteiger charge is -2.22. The average Bonchev–Trinajstić information content (AvgIpc) is 2.43. The number of carbonyl (C=O) groups is 1. The number of pyridine rings is 1. The number of anilines is 1. The molecular formula is C17H20N2O3. The first-order chi connectivity index (χ1) is 10.3. The normalized spacial score (nSPS) is 11.2. The molecule has 5 heteroatoms. The minimum atomic E-state index is -0.329. The maximum absolute atomic E-state index is 12.1. The van der Waals surface area contributed by atoms with Crippen LogP contribution in [0, 0.1) is 0 Å². The van der Waals surface area contributed by atoms with E-state index in [9.17, 15) is 15.0 Å². The van der Waals surface area contributed by atoms with Crippen LogP contribution in [0.4, 0.5) is 5.69 Å². The van der Waals surface area contributed by atoms with Crippen LogP contribution in [-0.2, 0) is 16.6 Å². The van der Waals surface area contributed by atoms with Crippen LogP contribution in [-0.4, -0.2) is 21.1 Å². The Balaban J connectivity index is 2.24. The Morgan fingerprint density at radius 1 is 1.23 bits per heavy atom. The van der Waals surface area contributed by atoms with Gasteiger partial charge in [-0.1, -0.05) is 32.9 Å². The smallest absolute Gasteiger partial charge is 0.229 e. The zero-order valence-corrected chi connectivity index (χ0v) is 12.9. The molecule has 22 heavy (non-hydrogen) atoms. The van der Waals surface area contributed by atoms with Gasteiger partial charge in [0.1, 0.15) is 17.2 Å². The molecule has 2 rings (SSSR count). The van der Waals surface area contributed by atoms with Crippen molar-refractivity contribution in [3.05, 3.63) is 47.8 Å². The Hall–Kier alpha value is -2.56. The summed E-state index contributed by atoms with van der Waals surface area (Å²) in [5, 5.41) is 22.8. The molecule has 0 saturated carbocycles. The summed E-state index contributed by atoms with van der Waals surface area (Å²) in [6.45, 7) is 5.83. The summed E-state index contributed by atoms with van der Waals surface area (Å²) < 4.78 is 0. The summed E-state index contributed by atoms with van der Waals surface area (Å²) in [6, 6.07) is 6.66. The molecule has 1 aromatic carbocycles. The van der Waals surface area contributed by atoms with Gasteiger partial charge in [-0.15, -0.1) is 0 Å². The maximum atomic E-state index is 12.1. The predicted octanol–water partition coefficient (Wildman–Crippen LogP) is 2.97. The molecule has 0 atom stereocenters. The van der Waals surface area contributed by atoms with Crippen LogP contribution < -0.4 is 5.32 Å². The van der Waals surface area contributed by atoms with E-state index in [1.54, 1.807) is 30.6 Å². The quantitative estimate of drug-likeness (QED) is 0.761. The van der Waals surface area contributed by atoms with Crippen LogP contribution >= 0.6 is 0 Å². The van der Waals surface area contributed by atoms with E-state index >= 15 is 0 Å². The number of amides is 1. The molecule has 0 spiro atoms. The van der Waals surface area contributed by atoms with Gasteiger partial charge in [0.25, 0.3) is 0 Å². The number of nitrogens with one attached hydrogen (secondary N) is 1. The SMILES string of the molecule is CC(C)(C)c1ccc(O)c(NC(=O)Cc2cccnc2)c1O. The monoisotopic (exact) mass is 300 g/mol. The number of nitrogens with zero attached hydrogens (tertiary/aromatic N) is 1. The molecule has 0 unspecified atom stereocenters. The number of hydrogen-bond acceptors (Lipinski definition) is 4. The van der Waals surface area contributed by atoms with Crippen molar-refractivity contribution in [3.63, 3.8) is 0 Å². The Bertz CT molecular complexity index is 676. The molecule has 3 N–H and O–H groups in total. The minimum Gasteiger partial charge on any atom is -0.506 e. The molecule has 0 bridgehead atoms. The van der Waals surface area contributed by atoms with Gasteiger partial charge in [0.05, 0.1) is 6.42 Å². The number of carbonyl (C=O) groups excluding carboxylic acids is 1. The van der Waals surface area contributed by atoms with Gasteiger partial charge in [-0.2, -0.15) is 0 Å². The molecule has 0 saturated heterocycles. The second-order valence-electron chi connectivity index (χ2n) is 6.19. The van der Waals surface area contributed by atoms with Crippen LogP contribution in [0.1, 0.15) is 31.9 Å². The van der Waals surface area contributed by atoms with E-state index in [1.807, 2.05) is 20.8 Å². The molecule has 2 aromatic rings. The summed E-state index contributed by atoms with van der Waals surface area (Å²) in [7, 11) is 0. The fourth-order valence-electron chi connectivity index (χ4n) is 2.18. The fourth-order valence-corrected chi connectivity index (χ4v) is 2.18. The maximum Gasteiger partial charge on any atom is 0.229 e. The van der Waals surface area contributed by atoms with Crippen molar-refractivity contribution in [2.75, 3.05) is 5.32 Å². The molecule has 0 aliphatic heterocycles. The first-order valence-corrected chi connectivity index (χ1v) is 7.03. The highest BCUT2D eigenvalue weighted by Crippen LogP contribution is 2.41. The van der Waals surface area contributed by atoms with E-state index in [0.29, 0.717) is 5.56 Å². The number of benzene rings is 1. The van der Waals surface area contributed by atoms with Crippen molar-refractivity contribution >= 4 is 11.6 Å². The number of phenolic OH excluding ortho intramolecular Hbond substituents is 2. The Kier molecular flexibility index (Phi) is 4.35. The number of phenols is 2. The summed E-state index contributed by atoms with van der Waals surface area (Å²) in [5.74, 6) is -0.596. The lowest BCUT2D eigenvalue weighted by molar-refractivity contribution is -0.115. The first kappa shape index (κ1) is 15.8. The molecule has 0 aliphatic carbocycles. The molecule has 0 fully saturated rings. The van der Waals surface area contributed by atoms with Gasteiger partial charge >= 0.3 is 0 Å². The summed E-state index contributed by atoms with van der Waals surface area (Å²) >= 11 is 0. The third kappa shape index (κ3) is 3.55. The van der Waals surface area contributed by atoms with Crippen LogP contribution in [0.15, 0.2) is 36.7 Å². The number of aromatic nitrogens is 1. The minimum absolute atomic E-state index is 0.0429. The topological polar surface area (TPSA) is 82.5 Å². The zero-order valence-electron chi connectivity index (χ0n) is 12.9. The van der Waals surface area contributed by atoms with E-state index in [1.165, 1.54) is 6.07 Å². The lowest BCUT2D eigenvalue weighted by Crippen LogP contribution is -2.17. The second-order valence-corrected chi connectivity index (χ2v) is 6.19. The van der Waals surface area contributed by atoms with Crippen LogP contribution in [0.25, 0.3) is 0 Å². The van der Waals surface area contributed by atoms with Crippen molar-refractivity contribution in [1.29, 1.82) is 0 Å². The molecule has 1 aromatic heterocycles. The van der Waals surface area contributed by atoms with Gasteiger partial charge in [0, 0.05) is 18.0 Å². The van der Waals surface area contributed by atoms with E-state index in [2.05, 4.69) is 10.3 Å². The Morgan fingerprint density at radius 2 is 1.95 bits per heavy atom. The number of hydrogen-bond donors (Lipinski definition) is 3. The van der Waals surface area contributed by atoms with Crippen LogP contribution in [0.2, 0.25) is 0 Å². The van der Waals surface area contributed by atoms with E-state index in [0.717, 1.165) is 5.56 Å². The Labute approximate surface area is 129 Å². The largest absolute Gasteiger partial charge is 0.506 e. The van der Waals surface area contributed by atoms with Crippen molar-refractivity contribution in [1.82, 2.24) is 4.98 Å². The van der Waals surface area contributed by atoms with Gasteiger partial charge in [0.2, 0.25) is 5.91 Å². The van der Waals surface area contributed by atoms with E-state index < -0.39 is 0 Å². The summed E-state index contributed by atoms with van der Waals surface area (Å²) in [4.78, 5) is 16.0. The van der Waals surface area contributed by atoms with Crippen molar-refractivity contribution in [3.8, 4) is 11.5 Å². The second kappa shape index (κ2) is 6.05. The van der Waals surface area contributed by atoms with Gasteiger partial charge in [0.15, 0.2) is 0 Å². The Morgan fingerprint density at radius 3 is 2.55 bits per heavy atom. The molecule has 1 amide bonds. The summed E-state index contributed by atoms with van der Waals surface area (Å²) in [6.07, 6.45) is 3.35. The molecular weight excluding hydrogens is 280 g/mol. The molecule has 0 radical (unpaired) electrons. The standard InChI is InChI=1S/C17H20N2O3/c1-17(2,3)12-6-7-13(20)15(16(12)22)19-14(21)9-11-5-4-8-18-10-11/h4-8,10,20,22H,9H2,1-3H3,(H,19,21). The number of aromatic hydroxyl groups is 2. The number of rotatable bonds is 3. The van der Waals surface area contributed by atoms with Gasteiger partial charge in [-0.25, -0.2) is 0 Å². The van der Waals surface area contributed by atoms with Crippen LogP contribution in [0.3, 0.4) is 0 Å². The molecule has 116 valence electrons. The molecule has 1 heterocycles. The van der Waals surface area contributed by atoms with Crippen molar-refractivity contribution in [2.45, 2.75) is 32.6 Å². The van der Waals surface area contributed by atoms with Gasteiger partial charge in [-0.3, -0.25) is 9.78 Å². The van der Waals surface area contributed by atoms with E-state index in [4.69, 9.17) is 0 Å². The highest BCUT2D eigenvalue weighted by molar-refractivity contribution is 5.95. The fraction of sp³-hybridized carbons (Fsp3) is 0.294. The van der Waals surface area contributed by atoms with Gasteiger partial charge < -0.3 is 15.5 Å². The lowest BCUT2D eigenvalue weighted by atomic mass is 9.86. The highest BCUT2D eigenvalue weighted by Gasteiger charge is 2.23.